The highest BCUT2D eigenvalue weighted by Crippen LogP contribution is 2.67. The Balaban J connectivity index is 1.47. The van der Waals surface area contributed by atoms with Crippen LogP contribution in [-0.2, 0) is 14.3 Å². The molecule has 4 saturated carbocycles. The zero-order valence-electron chi connectivity index (χ0n) is 17.5. The molecule has 0 bridgehead atoms. The molecule has 0 heterocycles. The van der Waals surface area contributed by atoms with Gasteiger partial charge in [-0.1, -0.05) is 25.4 Å². The quantitative estimate of drug-likeness (QED) is 0.426. The molecule has 0 spiro atoms. The molecule has 4 aliphatic carbocycles. The Morgan fingerprint density at radius 2 is 1.68 bits per heavy atom. The summed E-state index contributed by atoms with van der Waals surface area (Å²) in [6.45, 7) is 6.72. The fourth-order valence-corrected chi connectivity index (χ4v) is 8.30. The monoisotopic (exact) mass is 410 g/mol. The maximum atomic E-state index is 12.3. The van der Waals surface area contributed by atoms with E-state index in [1.54, 1.807) is 6.92 Å². The topological polar surface area (TPSA) is 52.6 Å². The average Bonchev–Trinajstić information content (AvgIpc) is 2.99. The fraction of sp³-hybridized carbons (Fsp3) is 0.913. The summed E-state index contributed by atoms with van der Waals surface area (Å²) in [6, 6.07) is -0.155. The van der Waals surface area contributed by atoms with Crippen LogP contribution in [0, 0.1) is 40.4 Å². The Morgan fingerprint density at radius 3 is 2.39 bits per heavy atom. The van der Waals surface area contributed by atoms with Gasteiger partial charge in [-0.2, -0.15) is 0 Å². The molecule has 8 atom stereocenters. The number of hydrogen-bond donors (Lipinski definition) is 0. The van der Waals surface area contributed by atoms with Crippen molar-refractivity contribution in [1.82, 2.24) is 0 Å². The molecule has 4 fully saturated rings. The number of carbonyl (C=O) groups excluding carboxylic acids is 2. The highest BCUT2D eigenvalue weighted by Gasteiger charge is 2.60. The molecular formula is C23H35ClO4. The molecule has 0 saturated heterocycles. The minimum atomic E-state index is -0.632. The number of ketones is 1. The Labute approximate surface area is 174 Å². The van der Waals surface area contributed by atoms with Gasteiger partial charge in [0.2, 0.25) is 0 Å². The van der Waals surface area contributed by atoms with Gasteiger partial charge in [-0.15, -0.1) is 0 Å². The summed E-state index contributed by atoms with van der Waals surface area (Å²) in [7, 11) is 0. The van der Waals surface area contributed by atoms with Crippen LogP contribution in [0.5, 0.6) is 0 Å². The molecule has 0 radical (unpaired) electrons. The van der Waals surface area contributed by atoms with Gasteiger partial charge in [-0.3, -0.25) is 4.79 Å². The molecule has 0 amide bonds. The van der Waals surface area contributed by atoms with Crippen LogP contribution in [0.1, 0.15) is 78.6 Å². The minimum absolute atomic E-state index is 0.0345. The number of hydrogen-bond acceptors (Lipinski definition) is 4. The van der Waals surface area contributed by atoms with E-state index < -0.39 is 6.16 Å². The van der Waals surface area contributed by atoms with Gasteiger partial charge in [0, 0.05) is 5.92 Å². The minimum Gasteiger partial charge on any atom is -0.431 e. The highest BCUT2D eigenvalue weighted by molar-refractivity contribution is 6.17. The molecule has 2 unspecified atom stereocenters. The molecular weight excluding hydrogens is 376 g/mol. The number of fused-ring (bicyclic) bond motifs is 5. The second-order valence-electron chi connectivity index (χ2n) is 10.5. The second-order valence-corrected chi connectivity index (χ2v) is 10.7. The van der Waals surface area contributed by atoms with Gasteiger partial charge < -0.3 is 9.47 Å². The first kappa shape index (κ1) is 20.5. The number of Topliss-reactive ketones (excluding diaryl/α,β-unsaturated/α-hetero) is 1. The van der Waals surface area contributed by atoms with E-state index in [2.05, 4.69) is 13.8 Å². The van der Waals surface area contributed by atoms with Crippen molar-refractivity contribution in [2.24, 2.45) is 40.4 Å². The van der Waals surface area contributed by atoms with E-state index in [-0.39, 0.29) is 23.5 Å². The summed E-state index contributed by atoms with van der Waals surface area (Å²) >= 11 is 5.46. The van der Waals surface area contributed by atoms with E-state index in [1.807, 2.05) is 0 Å². The molecule has 0 aromatic heterocycles. The predicted molar refractivity (Wildman–Crippen MR) is 108 cm³/mol. The van der Waals surface area contributed by atoms with E-state index in [0.717, 1.165) is 37.5 Å². The highest BCUT2D eigenvalue weighted by atomic mass is 35.5. The Bertz CT molecular complexity index is 636. The normalized spacial score (nSPS) is 47.4. The van der Waals surface area contributed by atoms with Crippen molar-refractivity contribution in [1.29, 1.82) is 0 Å². The summed E-state index contributed by atoms with van der Waals surface area (Å²) < 4.78 is 10.3. The molecule has 4 rings (SSSR count). The summed E-state index contributed by atoms with van der Waals surface area (Å²) in [5, 5.41) is 0. The Hall–Kier alpha value is -0.770. The van der Waals surface area contributed by atoms with Crippen LogP contribution >= 0.6 is 11.6 Å². The van der Waals surface area contributed by atoms with E-state index in [9.17, 15) is 9.59 Å². The van der Waals surface area contributed by atoms with Crippen molar-refractivity contribution in [2.75, 3.05) is 6.07 Å². The molecule has 28 heavy (non-hydrogen) atoms. The first-order valence-electron chi connectivity index (χ1n) is 11.2. The van der Waals surface area contributed by atoms with E-state index in [0.29, 0.717) is 23.0 Å². The second kappa shape index (κ2) is 7.49. The maximum absolute atomic E-state index is 12.3. The molecule has 0 N–H and O–H groups in total. The number of rotatable bonds is 3. The van der Waals surface area contributed by atoms with Crippen LogP contribution in [0.2, 0.25) is 0 Å². The molecule has 0 aromatic rings. The van der Waals surface area contributed by atoms with E-state index >= 15 is 0 Å². The van der Waals surface area contributed by atoms with Crippen molar-refractivity contribution in [3.8, 4) is 0 Å². The predicted octanol–water partition coefficient (Wildman–Crippen LogP) is 5.95. The first-order chi connectivity index (χ1) is 13.3. The average molecular weight is 411 g/mol. The summed E-state index contributed by atoms with van der Waals surface area (Å²) in [5.74, 6) is 3.54. The maximum Gasteiger partial charge on any atom is 0.509 e. The molecule has 0 aliphatic heterocycles. The largest absolute Gasteiger partial charge is 0.509 e. The van der Waals surface area contributed by atoms with Gasteiger partial charge in [-0.25, -0.2) is 4.79 Å². The third-order valence-corrected chi connectivity index (χ3v) is 9.65. The van der Waals surface area contributed by atoms with Gasteiger partial charge in [0.1, 0.15) is 11.9 Å². The van der Waals surface area contributed by atoms with Crippen LogP contribution in [-0.4, -0.2) is 24.1 Å². The molecule has 5 heteroatoms. The van der Waals surface area contributed by atoms with E-state index in [4.69, 9.17) is 21.1 Å². The van der Waals surface area contributed by atoms with Gasteiger partial charge in [0.15, 0.2) is 6.07 Å². The van der Waals surface area contributed by atoms with Crippen LogP contribution in [0.15, 0.2) is 0 Å². The van der Waals surface area contributed by atoms with Crippen LogP contribution < -0.4 is 0 Å². The van der Waals surface area contributed by atoms with E-state index in [1.165, 1.54) is 32.1 Å². The number of carbonyl (C=O) groups is 2. The van der Waals surface area contributed by atoms with Gasteiger partial charge in [0.25, 0.3) is 0 Å². The van der Waals surface area contributed by atoms with Gasteiger partial charge in [0.05, 0.1) is 0 Å². The zero-order chi connectivity index (χ0) is 20.1. The standard InChI is InChI=1S/C23H35ClO4/c1-14(25)18-6-7-19-17-5-4-15-12-16(28-21(26)27-13-24)8-10-22(15,2)20(17)9-11-23(18,19)3/h15-20H,4-13H2,1-3H3/t15-,16+,17?,18?,19-,20-,22-,23+/m0/s1. The number of halogens is 1. The van der Waals surface area contributed by atoms with Crippen molar-refractivity contribution in [2.45, 2.75) is 84.7 Å². The number of alkyl halides is 1. The SMILES string of the molecule is CC(=O)C1CC[C@H]2C3CC[C@H]4C[C@H](OC(=O)OCCl)CC[C@]4(C)[C@H]3CC[C@]12C. The smallest absolute Gasteiger partial charge is 0.431 e. The van der Waals surface area contributed by atoms with Gasteiger partial charge in [-0.05, 0) is 99.2 Å². The molecule has 0 aromatic carbocycles. The third-order valence-electron chi connectivity index (χ3n) is 9.54. The molecule has 4 nitrogen and oxygen atoms in total. The van der Waals surface area contributed by atoms with Crippen molar-refractivity contribution in [3.05, 3.63) is 0 Å². The van der Waals surface area contributed by atoms with Crippen molar-refractivity contribution < 1.29 is 19.1 Å². The lowest BCUT2D eigenvalue weighted by atomic mass is 9.44. The van der Waals surface area contributed by atoms with Crippen molar-refractivity contribution in [3.63, 3.8) is 0 Å². The van der Waals surface area contributed by atoms with Crippen LogP contribution in [0.3, 0.4) is 0 Å². The Kier molecular flexibility index (Phi) is 5.48. The van der Waals surface area contributed by atoms with Gasteiger partial charge >= 0.3 is 6.16 Å². The molecule has 158 valence electrons. The lowest BCUT2D eigenvalue weighted by molar-refractivity contribution is -0.139. The summed E-state index contributed by atoms with van der Waals surface area (Å²) in [6.07, 6.45) is 9.62. The lowest BCUT2D eigenvalue weighted by Crippen LogP contribution is -2.54. The molecule has 4 aliphatic rings. The first-order valence-corrected chi connectivity index (χ1v) is 11.7. The number of ether oxygens (including phenoxy) is 2. The zero-order valence-corrected chi connectivity index (χ0v) is 18.3. The van der Waals surface area contributed by atoms with Crippen LogP contribution in [0.25, 0.3) is 0 Å². The van der Waals surface area contributed by atoms with Crippen molar-refractivity contribution >= 4 is 23.5 Å². The Morgan fingerprint density at radius 1 is 0.964 bits per heavy atom. The third kappa shape index (κ3) is 3.18. The van der Waals surface area contributed by atoms with Crippen LogP contribution in [0.4, 0.5) is 4.79 Å². The lowest BCUT2D eigenvalue weighted by Gasteiger charge is -2.61. The fourth-order valence-electron chi connectivity index (χ4n) is 8.21. The summed E-state index contributed by atoms with van der Waals surface area (Å²) in [5.41, 5.74) is 0.566. The summed E-state index contributed by atoms with van der Waals surface area (Å²) in [4.78, 5) is 23.9.